The lowest BCUT2D eigenvalue weighted by Gasteiger charge is -2.08. The highest BCUT2D eigenvalue weighted by atomic mass is 19.4. The normalized spacial score (nSPS) is 12.8. The van der Waals surface area contributed by atoms with E-state index in [2.05, 4.69) is 16.9 Å². The number of nitrogens with zero attached hydrogens (tertiary/aromatic N) is 2. The van der Waals surface area contributed by atoms with Crippen LogP contribution in [0.15, 0.2) is 18.5 Å². The second-order valence-electron chi connectivity index (χ2n) is 4.05. The summed E-state index contributed by atoms with van der Waals surface area (Å²) in [6.45, 7) is 4.08. The molecule has 18 heavy (non-hydrogen) atoms. The van der Waals surface area contributed by atoms with Gasteiger partial charge in [-0.1, -0.05) is 32.8 Å². The lowest BCUT2D eigenvalue weighted by Crippen LogP contribution is -2.09. The highest BCUT2D eigenvalue weighted by molar-refractivity contribution is 5.61. The van der Waals surface area contributed by atoms with Crippen LogP contribution in [-0.4, -0.2) is 9.97 Å². The van der Waals surface area contributed by atoms with Gasteiger partial charge < -0.3 is 0 Å². The van der Waals surface area contributed by atoms with E-state index >= 15 is 0 Å². The molecular formula is C13H17F3N2. The number of unbranched alkanes of at least 4 members (excludes halogenated alkanes) is 1. The first-order valence-electron chi connectivity index (χ1n) is 6.07. The molecule has 100 valence electrons. The predicted octanol–water partition coefficient (Wildman–Crippen LogP) is 4.48. The van der Waals surface area contributed by atoms with Gasteiger partial charge in [0, 0.05) is 0 Å². The van der Waals surface area contributed by atoms with Crippen LogP contribution in [0.3, 0.4) is 0 Å². The summed E-state index contributed by atoms with van der Waals surface area (Å²) in [4.78, 5) is 7.30. The Morgan fingerprint density at radius 1 is 1.17 bits per heavy atom. The Morgan fingerprint density at radius 2 is 1.89 bits per heavy atom. The van der Waals surface area contributed by atoms with Gasteiger partial charge in [0.05, 0.1) is 18.1 Å². The maximum Gasteiger partial charge on any atom is 0.434 e. The van der Waals surface area contributed by atoms with E-state index in [4.69, 9.17) is 0 Å². The van der Waals surface area contributed by atoms with Crippen molar-refractivity contribution >= 4 is 5.57 Å². The fraction of sp³-hybridized carbons (Fsp3) is 0.538. The average Bonchev–Trinajstić information content (AvgIpc) is 2.33. The largest absolute Gasteiger partial charge is 0.434 e. The van der Waals surface area contributed by atoms with E-state index in [1.54, 1.807) is 0 Å². The molecule has 0 aliphatic carbocycles. The predicted molar refractivity (Wildman–Crippen MR) is 64.8 cm³/mol. The van der Waals surface area contributed by atoms with Crippen LogP contribution in [-0.2, 0) is 6.18 Å². The Kier molecular flexibility index (Phi) is 5.31. The molecule has 0 atom stereocenters. The molecule has 2 nitrogen and oxygen atoms in total. The Labute approximate surface area is 105 Å². The quantitative estimate of drug-likeness (QED) is 0.778. The minimum Gasteiger partial charge on any atom is -0.253 e. The summed E-state index contributed by atoms with van der Waals surface area (Å²) in [7, 11) is 0. The zero-order valence-corrected chi connectivity index (χ0v) is 10.6. The molecule has 0 aromatic carbocycles. The van der Waals surface area contributed by atoms with E-state index in [0.29, 0.717) is 5.69 Å². The standard InChI is InChI=1S/C13H17F3N2/c1-3-5-7-10(6-4-2)11-8-18-12(9-17-11)13(14,15)16/h7-9H,3-6H2,1-2H3. The first-order chi connectivity index (χ1) is 8.49. The Balaban J connectivity index is 2.94. The van der Waals surface area contributed by atoms with Gasteiger partial charge in [-0.05, 0) is 18.4 Å². The van der Waals surface area contributed by atoms with Crippen LogP contribution < -0.4 is 0 Å². The molecule has 0 spiro atoms. The second kappa shape index (κ2) is 6.52. The molecular weight excluding hydrogens is 241 g/mol. The number of alkyl halides is 3. The fourth-order valence-corrected chi connectivity index (χ4v) is 1.56. The maximum atomic E-state index is 12.4. The summed E-state index contributed by atoms with van der Waals surface area (Å²) in [5, 5.41) is 0. The van der Waals surface area contributed by atoms with Crippen molar-refractivity contribution in [1.82, 2.24) is 9.97 Å². The zero-order valence-electron chi connectivity index (χ0n) is 10.6. The van der Waals surface area contributed by atoms with Gasteiger partial charge in [-0.15, -0.1) is 0 Å². The minimum absolute atomic E-state index is 0.540. The van der Waals surface area contributed by atoms with Gasteiger partial charge in [0.2, 0.25) is 0 Å². The summed E-state index contributed by atoms with van der Waals surface area (Å²) in [5.74, 6) is 0. The fourth-order valence-electron chi connectivity index (χ4n) is 1.56. The van der Waals surface area contributed by atoms with E-state index in [1.165, 1.54) is 6.20 Å². The van der Waals surface area contributed by atoms with Crippen LogP contribution in [0.25, 0.3) is 5.57 Å². The molecule has 1 heterocycles. The van der Waals surface area contributed by atoms with E-state index < -0.39 is 11.9 Å². The van der Waals surface area contributed by atoms with Gasteiger partial charge in [-0.3, -0.25) is 4.98 Å². The van der Waals surface area contributed by atoms with Crippen molar-refractivity contribution in [3.8, 4) is 0 Å². The number of rotatable bonds is 5. The van der Waals surface area contributed by atoms with Gasteiger partial charge in [0.15, 0.2) is 5.69 Å². The first-order valence-corrected chi connectivity index (χ1v) is 6.07. The molecule has 0 saturated heterocycles. The summed E-state index contributed by atoms with van der Waals surface area (Å²) in [5.41, 5.74) is 0.566. The zero-order chi connectivity index (χ0) is 13.6. The highest BCUT2D eigenvalue weighted by Crippen LogP contribution is 2.27. The lowest BCUT2D eigenvalue weighted by atomic mass is 10.1. The average molecular weight is 258 g/mol. The van der Waals surface area contributed by atoms with E-state index in [9.17, 15) is 13.2 Å². The molecule has 0 unspecified atom stereocenters. The minimum atomic E-state index is -4.43. The van der Waals surface area contributed by atoms with E-state index in [-0.39, 0.29) is 0 Å². The number of halogens is 3. The van der Waals surface area contributed by atoms with Crippen molar-refractivity contribution in [3.05, 3.63) is 29.9 Å². The van der Waals surface area contributed by atoms with Crippen LogP contribution in [0, 0.1) is 0 Å². The third-order valence-corrected chi connectivity index (χ3v) is 2.47. The summed E-state index contributed by atoms with van der Waals surface area (Å²) < 4.78 is 37.1. The van der Waals surface area contributed by atoms with Gasteiger partial charge in [-0.25, -0.2) is 4.98 Å². The second-order valence-corrected chi connectivity index (χ2v) is 4.05. The van der Waals surface area contributed by atoms with E-state index in [1.807, 2.05) is 13.0 Å². The van der Waals surface area contributed by atoms with Crippen molar-refractivity contribution in [2.75, 3.05) is 0 Å². The molecule has 0 aliphatic heterocycles. The summed E-state index contributed by atoms with van der Waals surface area (Å²) in [6.07, 6.45) is 3.24. The molecule has 1 rings (SSSR count). The van der Waals surface area contributed by atoms with Gasteiger partial charge in [0.25, 0.3) is 0 Å². The molecule has 1 aromatic rings. The SMILES string of the molecule is CCCC=C(CCC)c1cnc(C(F)(F)F)cn1. The van der Waals surface area contributed by atoms with Crippen LogP contribution in [0.4, 0.5) is 13.2 Å². The lowest BCUT2D eigenvalue weighted by molar-refractivity contribution is -0.141. The van der Waals surface area contributed by atoms with Gasteiger partial charge in [-0.2, -0.15) is 13.2 Å². The van der Waals surface area contributed by atoms with E-state index in [0.717, 1.165) is 37.5 Å². The van der Waals surface area contributed by atoms with Crippen LogP contribution in [0.5, 0.6) is 0 Å². The molecule has 1 aromatic heterocycles. The number of allylic oxidation sites excluding steroid dienone is 2. The van der Waals surface area contributed by atoms with Gasteiger partial charge >= 0.3 is 6.18 Å². The van der Waals surface area contributed by atoms with Crippen LogP contribution in [0.2, 0.25) is 0 Å². The van der Waals surface area contributed by atoms with Crippen molar-refractivity contribution in [2.24, 2.45) is 0 Å². The van der Waals surface area contributed by atoms with Crippen molar-refractivity contribution in [3.63, 3.8) is 0 Å². The smallest absolute Gasteiger partial charge is 0.253 e. The highest BCUT2D eigenvalue weighted by Gasteiger charge is 2.32. The van der Waals surface area contributed by atoms with Crippen LogP contribution in [0.1, 0.15) is 50.9 Å². The number of hydrogen-bond donors (Lipinski definition) is 0. The Morgan fingerprint density at radius 3 is 2.33 bits per heavy atom. The maximum absolute atomic E-state index is 12.4. The molecule has 0 bridgehead atoms. The van der Waals surface area contributed by atoms with Crippen molar-refractivity contribution in [1.29, 1.82) is 0 Å². The molecule has 0 fully saturated rings. The van der Waals surface area contributed by atoms with Gasteiger partial charge in [0.1, 0.15) is 0 Å². The molecule has 5 heteroatoms. The molecule has 0 saturated carbocycles. The molecule has 0 radical (unpaired) electrons. The molecule has 0 N–H and O–H groups in total. The van der Waals surface area contributed by atoms with Crippen LogP contribution >= 0.6 is 0 Å². The van der Waals surface area contributed by atoms with Crippen molar-refractivity contribution < 1.29 is 13.2 Å². The third-order valence-electron chi connectivity index (χ3n) is 2.47. The monoisotopic (exact) mass is 258 g/mol. The molecule has 0 aliphatic rings. The van der Waals surface area contributed by atoms with Crippen molar-refractivity contribution in [2.45, 2.75) is 45.7 Å². The topological polar surface area (TPSA) is 25.8 Å². The summed E-state index contributed by atoms with van der Waals surface area (Å²) in [6, 6.07) is 0. The number of aromatic nitrogens is 2. The third kappa shape index (κ3) is 4.13. The molecule has 0 amide bonds. The number of hydrogen-bond acceptors (Lipinski definition) is 2. The Hall–Kier alpha value is -1.39. The first kappa shape index (κ1) is 14.7. The Bertz CT molecular complexity index is 394. The summed E-state index contributed by atoms with van der Waals surface area (Å²) >= 11 is 0.